The van der Waals surface area contributed by atoms with E-state index in [9.17, 15) is 5.26 Å². The molecule has 21 heavy (non-hydrogen) atoms. The fourth-order valence-corrected chi connectivity index (χ4v) is 2.31. The lowest BCUT2D eigenvalue weighted by Crippen LogP contribution is -2.27. The molecule has 0 amide bonds. The first kappa shape index (κ1) is 14.7. The molecule has 0 unspecified atom stereocenters. The molecule has 5 heteroatoms. The molecule has 108 valence electrons. The minimum absolute atomic E-state index is 0.442. The van der Waals surface area contributed by atoms with Gasteiger partial charge < -0.3 is 16.0 Å². The number of aromatic nitrogens is 1. The van der Waals surface area contributed by atoms with Crippen molar-refractivity contribution in [2.75, 3.05) is 11.5 Å². The predicted molar refractivity (Wildman–Crippen MR) is 84.0 cm³/mol. The van der Waals surface area contributed by atoms with Gasteiger partial charge in [-0.15, -0.1) is 0 Å². The Labute approximate surface area is 124 Å². The molecule has 1 aromatic heterocycles. The van der Waals surface area contributed by atoms with Gasteiger partial charge >= 0.3 is 0 Å². The van der Waals surface area contributed by atoms with E-state index in [0.717, 1.165) is 11.1 Å². The van der Waals surface area contributed by atoms with Crippen molar-refractivity contribution in [1.82, 2.24) is 4.57 Å². The summed E-state index contributed by atoms with van der Waals surface area (Å²) in [7, 11) is 1.77. The zero-order valence-corrected chi connectivity index (χ0v) is 12.3. The van der Waals surface area contributed by atoms with Crippen LogP contribution in [0.2, 0.25) is 0 Å². The largest absolute Gasteiger partial charge is 0.396 e. The van der Waals surface area contributed by atoms with Crippen LogP contribution in [0.1, 0.15) is 23.6 Å². The van der Waals surface area contributed by atoms with Crippen LogP contribution in [-0.4, -0.2) is 4.57 Å². The van der Waals surface area contributed by atoms with Crippen molar-refractivity contribution in [1.29, 1.82) is 5.26 Å². The number of nitrogens with zero attached hydrogens (tertiary/aromatic N) is 3. The number of rotatable bonds is 3. The highest BCUT2D eigenvalue weighted by molar-refractivity contribution is 5.67. The maximum absolute atomic E-state index is 9.45. The fourth-order valence-electron chi connectivity index (χ4n) is 2.31. The van der Waals surface area contributed by atoms with Gasteiger partial charge in [-0.3, -0.25) is 4.99 Å². The third kappa shape index (κ3) is 2.75. The minimum atomic E-state index is 0.442. The second-order valence-electron chi connectivity index (χ2n) is 4.80. The molecule has 0 aliphatic carbocycles. The standard InChI is InChI=1S/C16H19N5/c1-3-12-13(9-17)16(21(2)15(19)14(12)18)20-10-11-7-5-4-6-8-11/h4-8H,3,10,18-19H2,1-2H3. The van der Waals surface area contributed by atoms with E-state index >= 15 is 0 Å². The second-order valence-corrected chi connectivity index (χ2v) is 4.80. The Morgan fingerprint density at radius 3 is 2.48 bits per heavy atom. The van der Waals surface area contributed by atoms with Crippen molar-refractivity contribution in [3.05, 3.63) is 52.5 Å². The van der Waals surface area contributed by atoms with E-state index in [-0.39, 0.29) is 0 Å². The number of hydrogen-bond donors (Lipinski definition) is 2. The number of benzene rings is 1. The third-order valence-electron chi connectivity index (χ3n) is 3.53. The van der Waals surface area contributed by atoms with Crippen LogP contribution >= 0.6 is 0 Å². The van der Waals surface area contributed by atoms with Gasteiger partial charge in [-0.25, -0.2) is 0 Å². The Morgan fingerprint density at radius 2 is 1.90 bits per heavy atom. The number of pyridine rings is 1. The molecule has 1 aromatic carbocycles. The highest BCUT2D eigenvalue weighted by Crippen LogP contribution is 2.20. The van der Waals surface area contributed by atoms with Crippen molar-refractivity contribution in [2.45, 2.75) is 19.9 Å². The summed E-state index contributed by atoms with van der Waals surface area (Å²) in [5.41, 5.74) is 15.4. The first-order chi connectivity index (χ1) is 10.1. The molecule has 0 aliphatic rings. The van der Waals surface area contributed by atoms with Crippen LogP contribution in [0.5, 0.6) is 0 Å². The van der Waals surface area contributed by atoms with E-state index in [2.05, 4.69) is 11.1 Å². The Balaban J connectivity index is 2.63. The van der Waals surface area contributed by atoms with Crippen LogP contribution in [0.4, 0.5) is 11.5 Å². The van der Waals surface area contributed by atoms with E-state index in [1.165, 1.54) is 0 Å². The van der Waals surface area contributed by atoms with Gasteiger partial charge in [-0.05, 0) is 12.0 Å². The highest BCUT2D eigenvalue weighted by atomic mass is 15.1. The van der Waals surface area contributed by atoms with E-state index in [4.69, 9.17) is 11.5 Å². The summed E-state index contributed by atoms with van der Waals surface area (Å²) in [5, 5.41) is 9.45. The molecule has 2 aromatic rings. The molecule has 0 saturated heterocycles. The molecule has 0 atom stereocenters. The van der Waals surface area contributed by atoms with E-state index in [1.807, 2.05) is 37.3 Å². The van der Waals surface area contributed by atoms with Gasteiger partial charge in [0.15, 0.2) is 0 Å². The molecule has 0 saturated carbocycles. The summed E-state index contributed by atoms with van der Waals surface area (Å²) in [4.78, 5) is 4.56. The summed E-state index contributed by atoms with van der Waals surface area (Å²) in [6.07, 6.45) is 0.646. The maximum Gasteiger partial charge on any atom is 0.147 e. The number of hydrogen-bond acceptors (Lipinski definition) is 4. The van der Waals surface area contributed by atoms with Gasteiger partial charge in [0.05, 0.1) is 17.8 Å². The molecule has 0 aliphatic heterocycles. The third-order valence-corrected chi connectivity index (χ3v) is 3.53. The van der Waals surface area contributed by atoms with Crippen LogP contribution in [0.25, 0.3) is 0 Å². The Kier molecular flexibility index (Phi) is 4.29. The minimum Gasteiger partial charge on any atom is -0.396 e. The molecule has 0 fully saturated rings. The fraction of sp³-hybridized carbons (Fsp3) is 0.250. The predicted octanol–water partition coefficient (Wildman–Crippen LogP) is 1.72. The molecule has 5 nitrogen and oxygen atoms in total. The first-order valence-electron chi connectivity index (χ1n) is 6.81. The molecule has 0 spiro atoms. The van der Waals surface area contributed by atoms with E-state index in [0.29, 0.717) is 35.5 Å². The van der Waals surface area contributed by atoms with Gasteiger partial charge in [0.2, 0.25) is 0 Å². The van der Waals surface area contributed by atoms with E-state index < -0.39 is 0 Å². The zero-order chi connectivity index (χ0) is 15.4. The van der Waals surface area contributed by atoms with Crippen LogP contribution in [-0.2, 0) is 20.0 Å². The summed E-state index contributed by atoms with van der Waals surface area (Å²) >= 11 is 0. The monoisotopic (exact) mass is 281 g/mol. The van der Waals surface area contributed by atoms with Crippen molar-refractivity contribution >= 4 is 11.5 Å². The van der Waals surface area contributed by atoms with Crippen LogP contribution < -0.4 is 17.0 Å². The van der Waals surface area contributed by atoms with Crippen molar-refractivity contribution < 1.29 is 0 Å². The van der Waals surface area contributed by atoms with Crippen molar-refractivity contribution in [3.63, 3.8) is 0 Å². The number of nitrogens with two attached hydrogens (primary N) is 2. The Bertz CT molecular complexity index is 751. The van der Waals surface area contributed by atoms with Crippen LogP contribution in [0.15, 0.2) is 35.3 Å². The molecule has 1 heterocycles. The number of anilines is 2. The average molecular weight is 281 g/mol. The van der Waals surface area contributed by atoms with Crippen LogP contribution in [0, 0.1) is 11.3 Å². The summed E-state index contributed by atoms with van der Waals surface area (Å²) < 4.78 is 1.68. The normalized spacial score (nSPS) is 11.4. The molecule has 0 radical (unpaired) electrons. The van der Waals surface area contributed by atoms with Gasteiger partial charge in [0.1, 0.15) is 17.4 Å². The highest BCUT2D eigenvalue weighted by Gasteiger charge is 2.13. The maximum atomic E-state index is 9.45. The summed E-state index contributed by atoms with van der Waals surface area (Å²) in [5.74, 6) is 0.442. The summed E-state index contributed by atoms with van der Waals surface area (Å²) in [6, 6.07) is 12.1. The lowest BCUT2D eigenvalue weighted by atomic mass is 10.1. The lowest BCUT2D eigenvalue weighted by Gasteiger charge is -2.14. The van der Waals surface area contributed by atoms with Gasteiger partial charge in [-0.1, -0.05) is 37.3 Å². The van der Waals surface area contributed by atoms with Gasteiger partial charge in [-0.2, -0.15) is 5.26 Å². The number of nitriles is 1. The summed E-state index contributed by atoms with van der Waals surface area (Å²) in [6.45, 7) is 2.45. The van der Waals surface area contributed by atoms with Gasteiger partial charge in [0.25, 0.3) is 0 Å². The number of nitrogen functional groups attached to an aromatic ring is 2. The molecular weight excluding hydrogens is 262 g/mol. The molecule has 2 rings (SSSR count). The molecular formula is C16H19N5. The molecule has 0 bridgehead atoms. The van der Waals surface area contributed by atoms with E-state index in [1.54, 1.807) is 11.6 Å². The van der Waals surface area contributed by atoms with Crippen LogP contribution in [0.3, 0.4) is 0 Å². The Morgan fingerprint density at radius 1 is 1.24 bits per heavy atom. The average Bonchev–Trinajstić information content (AvgIpc) is 2.52. The topological polar surface area (TPSA) is 93.1 Å². The van der Waals surface area contributed by atoms with Crippen molar-refractivity contribution in [3.8, 4) is 6.07 Å². The lowest BCUT2D eigenvalue weighted by molar-refractivity contribution is 0.802. The Hall–Kier alpha value is -2.74. The second kappa shape index (κ2) is 6.14. The smallest absolute Gasteiger partial charge is 0.147 e. The molecule has 4 N–H and O–H groups in total. The quantitative estimate of drug-likeness (QED) is 0.897. The first-order valence-corrected chi connectivity index (χ1v) is 6.81. The SMILES string of the molecule is CCc1c(N)c(N)n(C)c(=NCc2ccccc2)c1C#N. The van der Waals surface area contributed by atoms with Crippen molar-refractivity contribution in [2.24, 2.45) is 12.0 Å². The van der Waals surface area contributed by atoms with Gasteiger partial charge in [0, 0.05) is 12.6 Å². The zero-order valence-electron chi connectivity index (χ0n) is 12.3.